The normalized spacial score (nSPS) is 12.1. The molecule has 514 valence electrons. The smallest absolute Gasteiger partial charge is 0.119 e. The zero-order valence-electron chi connectivity index (χ0n) is 59.8. The highest BCUT2D eigenvalue weighted by Gasteiger charge is 2.16. The first-order chi connectivity index (χ1) is 45.1. The average Bonchev–Trinajstić information content (AvgIpc) is 0.910. The van der Waals surface area contributed by atoms with Gasteiger partial charge in [-0.05, 0) is 202 Å². The molecule has 0 amide bonds. The molecule has 92 heavy (non-hydrogen) atoms. The summed E-state index contributed by atoms with van der Waals surface area (Å²) in [6.45, 7) is 41.0. The lowest BCUT2D eigenvalue weighted by Gasteiger charge is -2.19. The fraction of sp³-hybridized carbons (Fsp3) is 0.576. The molecule has 7 nitrogen and oxygen atoms in total. The molecule has 0 aliphatic heterocycles. The first-order valence-corrected chi connectivity index (χ1v) is 36.5. The Hall–Kier alpha value is -5.44. The molecule has 8 rings (SSSR count). The fourth-order valence-electron chi connectivity index (χ4n) is 10.5. The van der Waals surface area contributed by atoms with E-state index in [0.29, 0.717) is 6.10 Å². The van der Waals surface area contributed by atoms with Crippen LogP contribution in [0.4, 0.5) is 0 Å². The van der Waals surface area contributed by atoms with Gasteiger partial charge in [0.1, 0.15) is 17.2 Å². The second-order valence-corrected chi connectivity index (χ2v) is 24.6. The summed E-state index contributed by atoms with van der Waals surface area (Å²) in [6, 6.07) is 26.5. The van der Waals surface area contributed by atoms with Gasteiger partial charge in [0, 0.05) is 33.5 Å². The van der Waals surface area contributed by atoms with E-state index < -0.39 is 0 Å². The highest BCUT2D eigenvalue weighted by molar-refractivity contribution is 5.43. The summed E-state index contributed by atoms with van der Waals surface area (Å²) >= 11 is 0. The molecule has 7 heteroatoms. The molecule has 0 saturated heterocycles. The van der Waals surface area contributed by atoms with Crippen molar-refractivity contribution < 1.29 is 33.2 Å². The van der Waals surface area contributed by atoms with Crippen LogP contribution in [0, 0.1) is 0 Å². The Morgan fingerprint density at radius 3 is 1.00 bits per heavy atom. The molecule has 4 aliphatic carbocycles. The van der Waals surface area contributed by atoms with Crippen LogP contribution >= 0.6 is 0 Å². The van der Waals surface area contributed by atoms with E-state index in [1.165, 1.54) is 206 Å². The van der Waals surface area contributed by atoms with E-state index in [9.17, 15) is 0 Å². The van der Waals surface area contributed by atoms with Crippen LogP contribution in [0.3, 0.4) is 0 Å². The second-order valence-electron chi connectivity index (χ2n) is 24.6. The van der Waals surface area contributed by atoms with E-state index in [0.717, 1.165) is 102 Å². The Morgan fingerprint density at radius 1 is 0.326 bits per heavy atom. The molecule has 0 radical (unpaired) electrons. The Labute approximate surface area is 565 Å². The van der Waals surface area contributed by atoms with Crippen LogP contribution in [0.5, 0.6) is 17.2 Å². The summed E-state index contributed by atoms with van der Waals surface area (Å²) in [5.41, 5.74) is 13.6. The van der Waals surface area contributed by atoms with Gasteiger partial charge in [0.2, 0.25) is 0 Å². The van der Waals surface area contributed by atoms with Gasteiger partial charge in [-0.1, -0.05) is 204 Å². The predicted octanol–water partition coefficient (Wildman–Crippen LogP) is 22.8. The molecular formula is C85H132O7. The topological polar surface area (TPSA) is 64.6 Å². The summed E-state index contributed by atoms with van der Waals surface area (Å²) in [4.78, 5) is 0. The second kappa shape index (κ2) is 57.0. The lowest BCUT2D eigenvalue weighted by Crippen LogP contribution is -2.11. The number of hydrogen-bond acceptors (Lipinski definition) is 7. The zero-order valence-corrected chi connectivity index (χ0v) is 59.8. The van der Waals surface area contributed by atoms with E-state index >= 15 is 0 Å². The van der Waals surface area contributed by atoms with E-state index in [4.69, 9.17) is 33.2 Å². The summed E-state index contributed by atoms with van der Waals surface area (Å²) < 4.78 is 38.5. The summed E-state index contributed by atoms with van der Waals surface area (Å²) in [5.74, 6) is 3.14. The van der Waals surface area contributed by atoms with E-state index in [2.05, 4.69) is 154 Å². The van der Waals surface area contributed by atoms with Gasteiger partial charge >= 0.3 is 0 Å². The van der Waals surface area contributed by atoms with Gasteiger partial charge in [-0.15, -0.1) is 39.5 Å². The number of benzene rings is 4. The van der Waals surface area contributed by atoms with E-state index in [1.807, 2.05) is 12.2 Å². The van der Waals surface area contributed by atoms with Gasteiger partial charge in [-0.2, -0.15) is 0 Å². The van der Waals surface area contributed by atoms with E-state index in [1.54, 1.807) is 42.5 Å². The molecule has 0 heterocycles. The van der Waals surface area contributed by atoms with Crippen molar-refractivity contribution in [1.82, 2.24) is 0 Å². The first-order valence-electron chi connectivity index (χ1n) is 36.5. The van der Waals surface area contributed by atoms with Crippen molar-refractivity contribution in [1.29, 1.82) is 0 Å². The van der Waals surface area contributed by atoms with Crippen molar-refractivity contribution in [3.05, 3.63) is 199 Å². The molecule has 0 fully saturated rings. The minimum absolute atomic E-state index is 0.0324. The summed E-state index contributed by atoms with van der Waals surface area (Å²) in [6.07, 6.45) is 50.5. The highest BCUT2D eigenvalue weighted by Crippen LogP contribution is 2.30. The van der Waals surface area contributed by atoms with Gasteiger partial charge in [0.15, 0.2) is 0 Å². The van der Waals surface area contributed by atoms with Crippen LogP contribution in [0.15, 0.2) is 149 Å². The number of ether oxygens (including phenoxy) is 7. The Kier molecular flexibility index (Phi) is 51.2. The summed E-state index contributed by atoms with van der Waals surface area (Å²) in [7, 11) is 1.73. The third kappa shape index (κ3) is 38.7. The molecule has 0 spiro atoms. The Morgan fingerprint density at radius 2 is 0.652 bits per heavy atom. The van der Waals surface area contributed by atoms with Crippen LogP contribution in [0.25, 0.3) is 0 Å². The number of methoxy groups -OCH3 is 1. The predicted molar refractivity (Wildman–Crippen MR) is 398 cm³/mol. The number of hydrogen-bond donors (Lipinski definition) is 0. The van der Waals surface area contributed by atoms with Gasteiger partial charge in [-0.3, -0.25) is 0 Å². The van der Waals surface area contributed by atoms with Gasteiger partial charge < -0.3 is 33.2 Å². The Balaban J connectivity index is 0.000000368. The third-order valence-corrected chi connectivity index (χ3v) is 16.8. The van der Waals surface area contributed by atoms with Gasteiger partial charge in [0.25, 0.3) is 0 Å². The van der Waals surface area contributed by atoms with E-state index in [-0.39, 0.29) is 12.2 Å². The van der Waals surface area contributed by atoms with Crippen molar-refractivity contribution in [3.63, 3.8) is 0 Å². The van der Waals surface area contributed by atoms with Crippen molar-refractivity contribution >= 4 is 0 Å². The highest BCUT2D eigenvalue weighted by atomic mass is 16.5. The maximum atomic E-state index is 5.76. The van der Waals surface area contributed by atoms with Gasteiger partial charge in [-0.25, -0.2) is 0 Å². The Bertz CT molecular complexity index is 2420. The maximum Gasteiger partial charge on any atom is 0.119 e. The molecule has 0 N–H and O–H groups in total. The van der Waals surface area contributed by atoms with Crippen molar-refractivity contribution in [2.75, 3.05) is 53.4 Å². The van der Waals surface area contributed by atoms with Crippen LogP contribution in [0.2, 0.25) is 0 Å². The van der Waals surface area contributed by atoms with Crippen molar-refractivity contribution in [3.8, 4) is 17.2 Å². The average molecular weight is 1270 g/mol. The molecule has 4 aliphatic rings. The standard InChI is InChI=1S/C15H22O.C14H20O.C13H18O2.2C12H22O.C11H14.C8H14O/c1-2-3-4-5-6-11-16-15-10-9-13-7-8-14(13)12-15;1-2-3-4-5-10-15-14-9-8-12-6-7-13(12)11-14;1-14-8-2-3-9-15-13-7-6-11-4-5-12(11)10-13;1-4-7-8-9-10-11-13-12(5-2)6-3;1-4-7-8-11-13-12(9-5-2)10-6-3;1-2-3-9-4-5-10-6-7-11(10)8-9;1-4-7-9-8(5-2)6-3/h9-10,12H,2-8,11H2,1H3;8-9,11H,2-7,10H2,1H3;6-7,10H,2-5,8-9H2,1H3;2*5-6,12H,2-4,7-11H2,1H3;4-5,8H,2-3,6-7H2,1H3;5-6,8H,2-4,7H2,1H3. The maximum absolute atomic E-state index is 5.76. The van der Waals surface area contributed by atoms with Crippen LogP contribution in [0.1, 0.15) is 239 Å². The number of rotatable bonds is 44. The van der Waals surface area contributed by atoms with Crippen LogP contribution < -0.4 is 14.2 Å². The molecule has 0 atom stereocenters. The molecule has 0 bridgehead atoms. The zero-order chi connectivity index (χ0) is 66.9. The third-order valence-electron chi connectivity index (χ3n) is 16.8. The number of aryl methyl sites for hydroxylation is 9. The monoisotopic (exact) mass is 1260 g/mol. The lowest BCUT2D eigenvalue weighted by atomic mass is 9.87. The summed E-state index contributed by atoms with van der Waals surface area (Å²) in [5, 5.41) is 0. The quantitative estimate of drug-likeness (QED) is 0.0323. The minimum atomic E-state index is 0.0324. The number of fused-ring (bicyclic) bond motifs is 4. The lowest BCUT2D eigenvalue weighted by molar-refractivity contribution is 0.0549. The van der Waals surface area contributed by atoms with Crippen molar-refractivity contribution in [2.45, 2.75) is 265 Å². The number of unbranched alkanes of at least 4 members (excludes halogenated alkanes) is 14. The minimum Gasteiger partial charge on any atom is -0.494 e. The van der Waals surface area contributed by atoms with Gasteiger partial charge in [0.05, 0.1) is 38.1 Å². The largest absolute Gasteiger partial charge is 0.494 e. The SMILES string of the molecule is C=CC(C=C)OCCC.C=CC(C=C)OCCCCCCC.C=CCC(CC=C)OCCCCC.CCCCCCCOc1ccc2c(c1)CC2.CCCCCCOc1ccc2c(c1)CC2.CCCc1ccc2c(c1)CC2.COCCCCOc1ccc2c(c1)CC2. The molecular weight excluding hydrogens is 1130 g/mol. The molecule has 4 aromatic rings. The molecule has 4 aromatic carbocycles. The molecule has 0 unspecified atom stereocenters. The van der Waals surface area contributed by atoms with Crippen LogP contribution in [-0.2, 0) is 76.7 Å². The molecule has 0 saturated carbocycles. The van der Waals surface area contributed by atoms with Crippen LogP contribution in [-0.4, -0.2) is 71.7 Å². The first kappa shape index (κ1) is 82.7. The van der Waals surface area contributed by atoms with Crippen molar-refractivity contribution in [2.24, 2.45) is 0 Å². The fourth-order valence-corrected chi connectivity index (χ4v) is 10.5. The molecule has 0 aromatic heterocycles.